The van der Waals surface area contributed by atoms with Gasteiger partial charge in [0.25, 0.3) is 5.91 Å². The Morgan fingerprint density at radius 3 is 2.04 bits per heavy atom. The van der Waals surface area contributed by atoms with Crippen LogP contribution < -0.4 is 14.8 Å². The minimum Gasteiger partial charge on any atom is -0.490 e. The Labute approximate surface area is 153 Å². The largest absolute Gasteiger partial charge is 0.490 e. The molecule has 0 heterocycles. The van der Waals surface area contributed by atoms with E-state index in [1.165, 1.54) is 0 Å². The van der Waals surface area contributed by atoms with Gasteiger partial charge >= 0.3 is 5.97 Å². The van der Waals surface area contributed by atoms with Crippen molar-refractivity contribution in [2.24, 2.45) is 0 Å². The lowest BCUT2D eigenvalue weighted by atomic mass is 10.1. The molecule has 0 aliphatic heterocycles. The number of hydrogen-bond donors (Lipinski definition) is 1. The topological polar surface area (TPSA) is 73.9 Å². The van der Waals surface area contributed by atoms with Crippen molar-refractivity contribution in [1.29, 1.82) is 0 Å². The molecular formula is C20H23NO5. The summed E-state index contributed by atoms with van der Waals surface area (Å²) in [6.45, 7) is 6.81. The van der Waals surface area contributed by atoms with Gasteiger partial charge in [0, 0.05) is 11.3 Å². The summed E-state index contributed by atoms with van der Waals surface area (Å²) in [4.78, 5) is 24.1. The first kappa shape index (κ1) is 19.3. The van der Waals surface area contributed by atoms with Crippen molar-refractivity contribution < 1.29 is 23.8 Å². The Morgan fingerprint density at radius 2 is 1.42 bits per heavy atom. The highest BCUT2D eigenvalue weighted by Gasteiger charge is 2.12. The maximum Gasteiger partial charge on any atom is 0.338 e. The quantitative estimate of drug-likeness (QED) is 0.725. The molecule has 0 radical (unpaired) electrons. The average Bonchev–Trinajstić information content (AvgIpc) is 2.64. The lowest BCUT2D eigenvalue weighted by Gasteiger charge is -2.12. The number of esters is 1. The Bertz CT molecular complexity index is 755. The van der Waals surface area contributed by atoms with Gasteiger partial charge in [-0.3, -0.25) is 4.79 Å². The molecule has 6 nitrogen and oxygen atoms in total. The third kappa shape index (κ3) is 4.99. The zero-order valence-electron chi connectivity index (χ0n) is 15.2. The molecule has 2 rings (SSSR count). The van der Waals surface area contributed by atoms with Crippen molar-refractivity contribution in [2.45, 2.75) is 20.8 Å². The van der Waals surface area contributed by atoms with Gasteiger partial charge in [0.2, 0.25) is 0 Å². The first-order valence-electron chi connectivity index (χ1n) is 8.57. The smallest absolute Gasteiger partial charge is 0.338 e. The molecule has 0 bridgehead atoms. The zero-order valence-corrected chi connectivity index (χ0v) is 15.2. The van der Waals surface area contributed by atoms with E-state index in [1.807, 2.05) is 13.8 Å². The van der Waals surface area contributed by atoms with Crippen LogP contribution in [0.15, 0.2) is 42.5 Å². The molecule has 1 amide bonds. The second-order valence-electron chi connectivity index (χ2n) is 5.28. The highest BCUT2D eigenvalue weighted by molar-refractivity contribution is 6.04. The normalized spacial score (nSPS) is 10.1. The third-order valence-corrected chi connectivity index (χ3v) is 3.46. The van der Waals surface area contributed by atoms with Gasteiger partial charge in [-0.2, -0.15) is 0 Å². The SMILES string of the molecule is CCOC(=O)c1ccc(NC(=O)c2ccc(OCC)c(OCC)c2)cc1. The highest BCUT2D eigenvalue weighted by Crippen LogP contribution is 2.29. The molecule has 0 saturated carbocycles. The minimum atomic E-state index is -0.391. The number of amides is 1. The highest BCUT2D eigenvalue weighted by atomic mass is 16.5. The fraction of sp³-hybridized carbons (Fsp3) is 0.300. The third-order valence-electron chi connectivity index (χ3n) is 3.46. The lowest BCUT2D eigenvalue weighted by molar-refractivity contribution is 0.0526. The van der Waals surface area contributed by atoms with E-state index in [2.05, 4.69) is 5.32 Å². The van der Waals surface area contributed by atoms with E-state index in [1.54, 1.807) is 49.4 Å². The van der Waals surface area contributed by atoms with Crippen LogP contribution in [0, 0.1) is 0 Å². The monoisotopic (exact) mass is 357 g/mol. The summed E-state index contributed by atoms with van der Waals surface area (Å²) in [5.74, 6) is 0.459. The van der Waals surface area contributed by atoms with E-state index in [0.29, 0.717) is 48.1 Å². The fourth-order valence-corrected chi connectivity index (χ4v) is 2.30. The van der Waals surface area contributed by atoms with Gasteiger partial charge in [0.05, 0.1) is 25.4 Å². The number of benzene rings is 2. The second-order valence-corrected chi connectivity index (χ2v) is 5.28. The maximum atomic E-state index is 12.5. The molecule has 0 aliphatic rings. The summed E-state index contributed by atoms with van der Waals surface area (Å²) in [5.41, 5.74) is 1.46. The molecule has 0 fully saturated rings. The molecule has 0 aliphatic carbocycles. The van der Waals surface area contributed by atoms with Crippen LogP contribution in [-0.2, 0) is 4.74 Å². The van der Waals surface area contributed by atoms with Crippen LogP contribution in [0.1, 0.15) is 41.5 Å². The zero-order chi connectivity index (χ0) is 18.9. The molecule has 1 N–H and O–H groups in total. The molecule has 26 heavy (non-hydrogen) atoms. The van der Waals surface area contributed by atoms with Crippen LogP contribution in [0.25, 0.3) is 0 Å². The van der Waals surface area contributed by atoms with E-state index >= 15 is 0 Å². The van der Waals surface area contributed by atoms with E-state index in [9.17, 15) is 9.59 Å². The molecule has 0 atom stereocenters. The molecule has 0 unspecified atom stereocenters. The Hall–Kier alpha value is -3.02. The van der Waals surface area contributed by atoms with Crippen LogP contribution in [-0.4, -0.2) is 31.7 Å². The van der Waals surface area contributed by atoms with Gasteiger partial charge in [0.15, 0.2) is 11.5 Å². The average molecular weight is 357 g/mol. The van der Waals surface area contributed by atoms with Crippen LogP contribution in [0.3, 0.4) is 0 Å². The number of carbonyl (C=O) groups is 2. The summed E-state index contributed by atoms with van der Waals surface area (Å²) < 4.78 is 16.0. The van der Waals surface area contributed by atoms with Gasteiger partial charge in [-0.1, -0.05) is 0 Å². The van der Waals surface area contributed by atoms with Crippen molar-refractivity contribution in [3.8, 4) is 11.5 Å². The van der Waals surface area contributed by atoms with Gasteiger partial charge in [0.1, 0.15) is 0 Å². The van der Waals surface area contributed by atoms with Crippen molar-refractivity contribution in [3.63, 3.8) is 0 Å². The van der Waals surface area contributed by atoms with Gasteiger partial charge in [-0.15, -0.1) is 0 Å². The molecule has 0 saturated heterocycles. The summed E-state index contributed by atoms with van der Waals surface area (Å²) in [6, 6.07) is 11.6. The summed E-state index contributed by atoms with van der Waals surface area (Å²) in [6.07, 6.45) is 0. The van der Waals surface area contributed by atoms with Crippen molar-refractivity contribution >= 4 is 17.6 Å². The van der Waals surface area contributed by atoms with Crippen LogP contribution >= 0.6 is 0 Å². The number of carbonyl (C=O) groups excluding carboxylic acids is 2. The van der Waals surface area contributed by atoms with Gasteiger partial charge in [-0.05, 0) is 63.2 Å². The van der Waals surface area contributed by atoms with Gasteiger partial charge in [-0.25, -0.2) is 4.79 Å². The predicted molar refractivity (Wildman–Crippen MR) is 99.1 cm³/mol. The Kier molecular flexibility index (Phi) is 7.02. The van der Waals surface area contributed by atoms with Crippen LogP contribution in [0.4, 0.5) is 5.69 Å². The maximum absolute atomic E-state index is 12.5. The predicted octanol–water partition coefficient (Wildman–Crippen LogP) is 3.91. The first-order chi connectivity index (χ1) is 12.6. The molecule has 0 spiro atoms. The molecule has 0 aromatic heterocycles. The number of nitrogens with one attached hydrogen (secondary N) is 1. The second kappa shape index (κ2) is 9.46. The number of hydrogen-bond acceptors (Lipinski definition) is 5. The van der Waals surface area contributed by atoms with Crippen molar-refractivity contribution in [3.05, 3.63) is 53.6 Å². The van der Waals surface area contributed by atoms with E-state index in [0.717, 1.165) is 0 Å². The van der Waals surface area contributed by atoms with E-state index < -0.39 is 5.97 Å². The lowest BCUT2D eigenvalue weighted by Crippen LogP contribution is -2.13. The Balaban J connectivity index is 2.11. The van der Waals surface area contributed by atoms with E-state index in [4.69, 9.17) is 14.2 Å². The number of anilines is 1. The van der Waals surface area contributed by atoms with E-state index in [-0.39, 0.29) is 5.91 Å². The van der Waals surface area contributed by atoms with Crippen molar-refractivity contribution in [2.75, 3.05) is 25.1 Å². The minimum absolute atomic E-state index is 0.280. The molecule has 138 valence electrons. The first-order valence-corrected chi connectivity index (χ1v) is 8.57. The number of ether oxygens (including phenoxy) is 3. The van der Waals surface area contributed by atoms with Crippen LogP contribution in [0.2, 0.25) is 0 Å². The molecule has 6 heteroatoms. The Morgan fingerprint density at radius 1 is 0.808 bits per heavy atom. The molecular weight excluding hydrogens is 334 g/mol. The molecule has 2 aromatic carbocycles. The summed E-state index contributed by atoms with van der Waals surface area (Å²) in [5, 5.41) is 2.79. The van der Waals surface area contributed by atoms with Gasteiger partial charge < -0.3 is 19.5 Å². The summed E-state index contributed by atoms with van der Waals surface area (Å²) >= 11 is 0. The van der Waals surface area contributed by atoms with Crippen molar-refractivity contribution in [1.82, 2.24) is 0 Å². The van der Waals surface area contributed by atoms with Crippen LogP contribution in [0.5, 0.6) is 11.5 Å². The number of rotatable bonds is 8. The standard InChI is InChI=1S/C20H23NO5/c1-4-24-17-12-9-15(13-18(17)25-5-2)19(22)21-16-10-7-14(8-11-16)20(23)26-6-3/h7-13H,4-6H2,1-3H3,(H,21,22). The molecule has 2 aromatic rings. The fourth-order valence-electron chi connectivity index (χ4n) is 2.30. The summed E-state index contributed by atoms with van der Waals surface area (Å²) in [7, 11) is 0.